The third kappa shape index (κ3) is 2.58. The molecular weight excluding hydrogens is 249 g/mol. The fourth-order valence-corrected chi connectivity index (χ4v) is 3.21. The predicted molar refractivity (Wildman–Crippen MR) is 79.3 cm³/mol. The Kier molecular flexibility index (Phi) is 3.53. The lowest BCUT2D eigenvalue weighted by atomic mass is 9.74. The van der Waals surface area contributed by atoms with Crippen LogP contribution in [0.4, 0.5) is 5.95 Å². The molecule has 1 N–H and O–H groups in total. The second kappa shape index (κ2) is 5.19. The smallest absolute Gasteiger partial charge is 0.223 e. The molecule has 2 aliphatic rings. The van der Waals surface area contributed by atoms with Crippen molar-refractivity contribution in [2.45, 2.75) is 63.2 Å². The maximum atomic E-state index is 12.1. The summed E-state index contributed by atoms with van der Waals surface area (Å²) in [6, 6.07) is 0. The van der Waals surface area contributed by atoms with E-state index in [4.69, 9.17) is 7.85 Å². The van der Waals surface area contributed by atoms with Gasteiger partial charge in [0.2, 0.25) is 5.95 Å². The van der Waals surface area contributed by atoms with Gasteiger partial charge in [-0.2, -0.15) is 0 Å². The lowest BCUT2D eigenvalue weighted by molar-refractivity contribution is 0.0968. The number of anilines is 1. The largest absolute Gasteiger partial charge is 0.349 e. The van der Waals surface area contributed by atoms with E-state index in [-0.39, 0.29) is 11.3 Å². The summed E-state index contributed by atoms with van der Waals surface area (Å²) in [6.45, 7) is 2.21. The highest BCUT2D eigenvalue weighted by Gasteiger charge is 2.29. The molecule has 1 fully saturated rings. The van der Waals surface area contributed by atoms with Gasteiger partial charge in [-0.3, -0.25) is 4.79 Å². The summed E-state index contributed by atoms with van der Waals surface area (Å²) >= 11 is 0. The van der Waals surface area contributed by atoms with Crippen LogP contribution in [0.5, 0.6) is 0 Å². The highest BCUT2D eigenvalue weighted by Crippen LogP contribution is 2.31. The number of ketones is 1. The van der Waals surface area contributed by atoms with Crippen LogP contribution in [0.15, 0.2) is 6.20 Å². The van der Waals surface area contributed by atoms with Crippen molar-refractivity contribution < 1.29 is 4.79 Å². The average Bonchev–Trinajstić information content (AvgIpc) is 2.44. The zero-order valence-electron chi connectivity index (χ0n) is 12.0. The lowest BCUT2D eigenvalue weighted by Crippen LogP contribution is -2.37. The summed E-state index contributed by atoms with van der Waals surface area (Å²) in [5, 5.41) is 3.43. The Morgan fingerprint density at radius 3 is 2.85 bits per heavy atom. The number of rotatable bonds is 2. The Hall–Kier alpha value is -1.39. The fourth-order valence-electron chi connectivity index (χ4n) is 3.21. The second-order valence-electron chi connectivity index (χ2n) is 6.32. The van der Waals surface area contributed by atoms with Gasteiger partial charge in [0.1, 0.15) is 5.69 Å². The van der Waals surface area contributed by atoms with Crippen molar-refractivity contribution in [2.24, 2.45) is 0 Å². The minimum Gasteiger partial charge on any atom is -0.349 e. The molecule has 1 heterocycles. The molecule has 1 aromatic heterocycles. The third-order valence-corrected chi connectivity index (χ3v) is 4.53. The van der Waals surface area contributed by atoms with Crippen LogP contribution in [0.25, 0.3) is 0 Å². The zero-order valence-corrected chi connectivity index (χ0v) is 12.0. The van der Waals surface area contributed by atoms with E-state index >= 15 is 0 Å². The number of aromatic nitrogens is 2. The van der Waals surface area contributed by atoms with E-state index in [1.165, 1.54) is 19.3 Å². The van der Waals surface area contributed by atoms with Crippen LogP contribution in [0.1, 0.15) is 61.5 Å². The molecular formula is C15H20BN3O. The number of hydrogen-bond acceptors (Lipinski definition) is 4. The Labute approximate surface area is 121 Å². The first-order chi connectivity index (χ1) is 9.57. The van der Waals surface area contributed by atoms with E-state index < -0.39 is 5.82 Å². The molecule has 1 saturated carbocycles. The molecule has 5 heteroatoms. The summed E-state index contributed by atoms with van der Waals surface area (Å²) in [4.78, 5) is 20.9. The van der Waals surface area contributed by atoms with Crippen molar-refractivity contribution in [1.82, 2.24) is 9.97 Å². The molecule has 1 aromatic rings. The minimum atomic E-state index is -0.407. The zero-order chi connectivity index (χ0) is 14.2. The maximum absolute atomic E-state index is 12.1. The molecule has 2 aliphatic carbocycles. The third-order valence-electron chi connectivity index (χ3n) is 4.53. The number of aryl methyl sites for hydroxylation is 1. The van der Waals surface area contributed by atoms with E-state index in [1.807, 2.05) is 0 Å². The number of nitrogens with one attached hydrogen (secondary N) is 1. The van der Waals surface area contributed by atoms with Crippen molar-refractivity contribution in [3.63, 3.8) is 0 Å². The molecule has 0 aliphatic heterocycles. The number of carbonyl (C=O) groups excluding carboxylic acids is 1. The van der Waals surface area contributed by atoms with Gasteiger partial charge in [-0.15, -0.1) is 0 Å². The van der Waals surface area contributed by atoms with Crippen LogP contribution in [0, 0.1) is 0 Å². The first-order valence-electron chi connectivity index (χ1n) is 7.51. The molecule has 1 unspecified atom stereocenters. The predicted octanol–water partition coefficient (Wildman–Crippen LogP) is 2.70. The molecule has 0 saturated heterocycles. The Bertz CT molecular complexity index is 526. The van der Waals surface area contributed by atoms with Crippen LogP contribution in [0.3, 0.4) is 0 Å². The van der Waals surface area contributed by atoms with Gasteiger partial charge in [0.15, 0.2) is 5.78 Å². The minimum absolute atomic E-state index is 0.0479. The van der Waals surface area contributed by atoms with Crippen LogP contribution >= 0.6 is 0 Å². The number of carbonyl (C=O) groups is 1. The van der Waals surface area contributed by atoms with Crippen LogP contribution < -0.4 is 5.32 Å². The topological polar surface area (TPSA) is 54.9 Å². The highest BCUT2D eigenvalue weighted by atomic mass is 16.1. The van der Waals surface area contributed by atoms with Crippen molar-refractivity contribution in [3.05, 3.63) is 17.5 Å². The number of Topliss-reactive ketones (excluding diaryl/α,β-unsaturated/α-hetero) is 1. The lowest BCUT2D eigenvalue weighted by Gasteiger charge is -2.34. The standard InChI is InChI=1S/C15H20BN3O/c1-15(7-3-2-4-8-15)19-14-17-9-10-5-6-11(16)13(20)12(10)18-14/h9,11H,2-8H2,1H3,(H,17,18,19). The fraction of sp³-hybridized carbons (Fsp3) is 0.667. The molecule has 104 valence electrons. The van der Waals surface area contributed by atoms with E-state index in [0.29, 0.717) is 18.1 Å². The van der Waals surface area contributed by atoms with Gasteiger partial charge in [-0.25, -0.2) is 9.97 Å². The quantitative estimate of drug-likeness (QED) is 0.839. The molecule has 3 rings (SSSR count). The van der Waals surface area contributed by atoms with Crippen LogP contribution in [0.2, 0.25) is 5.82 Å². The first-order valence-corrected chi connectivity index (χ1v) is 7.51. The van der Waals surface area contributed by atoms with Gasteiger partial charge < -0.3 is 5.32 Å². The SMILES string of the molecule is [B]C1CCc2cnc(NC3(C)CCCCC3)nc2C1=O. The van der Waals surface area contributed by atoms with E-state index in [0.717, 1.165) is 24.8 Å². The summed E-state index contributed by atoms with van der Waals surface area (Å²) in [6.07, 6.45) is 9.29. The number of fused-ring (bicyclic) bond motifs is 1. The normalized spacial score (nSPS) is 25.1. The highest BCUT2D eigenvalue weighted by molar-refractivity contribution is 6.28. The molecule has 0 spiro atoms. The van der Waals surface area contributed by atoms with Gasteiger partial charge in [-0.1, -0.05) is 19.3 Å². The summed E-state index contributed by atoms with van der Waals surface area (Å²) in [7, 11) is 5.82. The van der Waals surface area contributed by atoms with Gasteiger partial charge in [0.05, 0.1) is 7.85 Å². The van der Waals surface area contributed by atoms with Crippen LogP contribution in [-0.2, 0) is 6.42 Å². The summed E-state index contributed by atoms with van der Waals surface area (Å²) < 4.78 is 0. The molecule has 0 amide bonds. The van der Waals surface area contributed by atoms with E-state index in [9.17, 15) is 4.79 Å². The molecule has 2 radical (unpaired) electrons. The van der Waals surface area contributed by atoms with Crippen LogP contribution in [-0.4, -0.2) is 29.1 Å². The Morgan fingerprint density at radius 1 is 1.35 bits per heavy atom. The molecule has 4 nitrogen and oxygen atoms in total. The Morgan fingerprint density at radius 2 is 2.10 bits per heavy atom. The monoisotopic (exact) mass is 269 g/mol. The summed E-state index contributed by atoms with van der Waals surface area (Å²) in [5.74, 6) is 0.108. The van der Waals surface area contributed by atoms with Crippen molar-refractivity contribution >= 4 is 19.6 Å². The Balaban J connectivity index is 1.83. The number of nitrogens with zero attached hydrogens (tertiary/aromatic N) is 2. The van der Waals surface area contributed by atoms with Gasteiger partial charge in [0, 0.05) is 11.7 Å². The first kappa shape index (κ1) is 13.6. The molecule has 0 aromatic carbocycles. The second-order valence-corrected chi connectivity index (χ2v) is 6.32. The maximum Gasteiger partial charge on any atom is 0.223 e. The van der Waals surface area contributed by atoms with Crippen molar-refractivity contribution in [1.29, 1.82) is 0 Å². The van der Waals surface area contributed by atoms with E-state index in [1.54, 1.807) is 6.20 Å². The van der Waals surface area contributed by atoms with Crippen molar-refractivity contribution in [2.75, 3.05) is 5.32 Å². The van der Waals surface area contributed by atoms with Gasteiger partial charge >= 0.3 is 0 Å². The van der Waals surface area contributed by atoms with Gasteiger partial charge in [-0.05, 0) is 44.0 Å². The molecule has 1 atom stereocenters. The average molecular weight is 269 g/mol. The van der Waals surface area contributed by atoms with E-state index in [2.05, 4.69) is 22.2 Å². The summed E-state index contributed by atoms with van der Waals surface area (Å²) in [5.41, 5.74) is 1.49. The van der Waals surface area contributed by atoms with Gasteiger partial charge in [0.25, 0.3) is 0 Å². The molecule has 20 heavy (non-hydrogen) atoms. The van der Waals surface area contributed by atoms with Crippen molar-refractivity contribution in [3.8, 4) is 0 Å². The number of hydrogen-bond donors (Lipinski definition) is 1. The molecule has 0 bridgehead atoms.